The second kappa shape index (κ2) is 7.43. The van der Waals surface area contributed by atoms with Gasteiger partial charge in [0.15, 0.2) is 0 Å². The fourth-order valence-corrected chi connectivity index (χ4v) is 3.51. The van der Waals surface area contributed by atoms with Gasteiger partial charge in [0.25, 0.3) is 0 Å². The lowest BCUT2D eigenvalue weighted by molar-refractivity contribution is -0.138. The highest BCUT2D eigenvalue weighted by Crippen LogP contribution is 2.20. The molecule has 3 rings (SSSR count). The molecule has 0 radical (unpaired) electrons. The zero-order valence-electron chi connectivity index (χ0n) is 14.2. The summed E-state index contributed by atoms with van der Waals surface area (Å²) in [7, 11) is 4.07. The molecule has 5 heteroatoms. The summed E-state index contributed by atoms with van der Waals surface area (Å²) < 4.78 is 5.77. The number of rotatable bonds is 4. The average Bonchev–Trinajstić information content (AvgIpc) is 2.55. The first-order valence-corrected chi connectivity index (χ1v) is 8.48. The molecule has 23 heavy (non-hydrogen) atoms. The number of benzene rings is 1. The van der Waals surface area contributed by atoms with Gasteiger partial charge in [-0.25, -0.2) is 0 Å². The zero-order chi connectivity index (χ0) is 16.2. The molecule has 0 saturated carbocycles. The first kappa shape index (κ1) is 16.4. The lowest BCUT2D eigenvalue weighted by Crippen LogP contribution is -2.49. The van der Waals surface area contributed by atoms with Crippen molar-refractivity contribution in [2.75, 3.05) is 46.9 Å². The van der Waals surface area contributed by atoms with Gasteiger partial charge < -0.3 is 19.9 Å². The van der Waals surface area contributed by atoms with Crippen LogP contribution in [0.2, 0.25) is 0 Å². The number of fused-ring (bicyclic) bond motifs is 1. The predicted octanol–water partition coefficient (Wildman–Crippen LogP) is 0.664. The number of carbonyl (C=O) groups excluding carboxylic acids is 1. The quantitative estimate of drug-likeness (QED) is 0.886. The van der Waals surface area contributed by atoms with Crippen LogP contribution in [-0.2, 0) is 28.9 Å². The Hall–Kier alpha value is -1.43. The van der Waals surface area contributed by atoms with Crippen molar-refractivity contribution in [2.45, 2.75) is 25.5 Å². The molecule has 1 atom stereocenters. The van der Waals surface area contributed by atoms with Crippen molar-refractivity contribution in [3.05, 3.63) is 34.9 Å². The van der Waals surface area contributed by atoms with Gasteiger partial charge in [-0.05, 0) is 43.8 Å². The predicted molar refractivity (Wildman–Crippen MR) is 90.4 cm³/mol. The summed E-state index contributed by atoms with van der Waals surface area (Å²) in [5.74, 6) is 0.226. The molecule has 1 amide bonds. The van der Waals surface area contributed by atoms with Crippen molar-refractivity contribution < 1.29 is 9.53 Å². The first-order valence-electron chi connectivity index (χ1n) is 8.48. The van der Waals surface area contributed by atoms with Gasteiger partial charge in [-0.1, -0.05) is 18.2 Å². The largest absolute Gasteiger partial charge is 0.373 e. The molecule has 2 heterocycles. The SMILES string of the molecule is CN(C)CC1CN(C(=O)Cc2cccc3c2CCNC3)CCO1. The molecule has 1 N–H and O–H groups in total. The summed E-state index contributed by atoms with van der Waals surface area (Å²) in [5, 5.41) is 3.39. The second-order valence-corrected chi connectivity index (χ2v) is 6.75. The topological polar surface area (TPSA) is 44.8 Å². The minimum atomic E-state index is 0.122. The molecule has 1 unspecified atom stereocenters. The lowest BCUT2D eigenvalue weighted by Gasteiger charge is -2.34. The summed E-state index contributed by atoms with van der Waals surface area (Å²) in [6, 6.07) is 6.35. The van der Waals surface area contributed by atoms with Crippen LogP contribution in [0.4, 0.5) is 0 Å². The van der Waals surface area contributed by atoms with E-state index in [1.54, 1.807) is 0 Å². The van der Waals surface area contributed by atoms with Crippen LogP contribution >= 0.6 is 0 Å². The number of morpholine rings is 1. The Morgan fingerprint density at radius 3 is 3.13 bits per heavy atom. The lowest BCUT2D eigenvalue weighted by atomic mass is 9.93. The molecule has 0 aromatic heterocycles. The fraction of sp³-hybridized carbons (Fsp3) is 0.611. The van der Waals surface area contributed by atoms with E-state index < -0.39 is 0 Å². The third-order valence-electron chi connectivity index (χ3n) is 4.64. The molecule has 0 spiro atoms. The Morgan fingerprint density at radius 1 is 1.43 bits per heavy atom. The zero-order valence-corrected chi connectivity index (χ0v) is 14.2. The number of carbonyl (C=O) groups is 1. The molecule has 0 bridgehead atoms. The number of likely N-dealkylation sites (N-methyl/N-ethyl adjacent to an activating group) is 1. The van der Waals surface area contributed by atoms with Crippen molar-refractivity contribution >= 4 is 5.91 Å². The van der Waals surface area contributed by atoms with Crippen molar-refractivity contribution in [3.8, 4) is 0 Å². The van der Waals surface area contributed by atoms with Crippen molar-refractivity contribution in [1.82, 2.24) is 15.1 Å². The number of amides is 1. The number of ether oxygens (including phenoxy) is 1. The van der Waals surface area contributed by atoms with Crippen LogP contribution < -0.4 is 5.32 Å². The van der Waals surface area contributed by atoms with Crippen LogP contribution in [-0.4, -0.2) is 68.7 Å². The van der Waals surface area contributed by atoms with Crippen LogP contribution in [0.1, 0.15) is 16.7 Å². The van der Waals surface area contributed by atoms with Gasteiger partial charge in [0.1, 0.15) is 0 Å². The summed E-state index contributed by atoms with van der Waals surface area (Å²) in [5.41, 5.74) is 3.91. The molecule has 2 aliphatic heterocycles. The minimum Gasteiger partial charge on any atom is -0.373 e. The number of hydrogen-bond acceptors (Lipinski definition) is 4. The summed E-state index contributed by atoms with van der Waals surface area (Å²) >= 11 is 0. The third-order valence-corrected chi connectivity index (χ3v) is 4.64. The molecular weight excluding hydrogens is 290 g/mol. The minimum absolute atomic E-state index is 0.122. The molecule has 1 saturated heterocycles. The summed E-state index contributed by atoms with van der Waals surface area (Å²) in [4.78, 5) is 16.8. The van der Waals surface area contributed by atoms with Gasteiger partial charge in [-0.15, -0.1) is 0 Å². The Kier molecular flexibility index (Phi) is 5.30. The molecule has 2 aliphatic rings. The van der Waals surface area contributed by atoms with E-state index in [4.69, 9.17) is 4.74 Å². The van der Waals surface area contributed by atoms with E-state index in [1.807, 2.05) is 19.0 Å². The monoisotopic (exact) mass is 317 g/mol. The van der Waals surface area contributed by atoms with Gasteiger partial charge >= 0.3 is 0 Å². The van der Waals surface area contributed by atoms with Gasteiger partial charge in [0.2, 0.25) is 5.91 Å². The van der Waals surface area contributed by atoms with E-state index in [0.29, 0.717) is 26.1 Å². The molecule has 0 aliphatic carbocycles. The Morgan fingerprint density at radius 2 is 2.30 bits per heavy atom. The molecule has 1 aromatic carbocycles. The third kappa shape index (κ3) is 4.10. The van der Waals surface area contributed by atoms with Crippen LogP contribution in [0.5, 0.6) is 0 Å². The fourth-order valence-electron chi connectivity index (χ4n) is 3.51. The normalized spacial score (nSPS) is 21.3. The molecular formula is C18H27N3O2. The highest BCUT2D eigenvalue weighted by Gasteiger charge is 2.25. The number of nitrogens with zero attached hydrogens (tertiary/aromatic N) is 2. The van der Waals surface area contributed by atoms with Gasteiger partial charge in [0.05, 0.1) is 19.1 Å². The maximum atomic E-state index is 12.7. The molecule has 5 nitrogen and oxygen atoms in total. The maximum Gasteiger partial charge on any atom is 0.227 e. The first-order chi connectivity index (χ1) is 11.1. The molecule has 126 valence electrons. The van der Waals surface area contributed by atoms with E-state index in [0.717, 1.165) is 26.1 Å². The van der Waals surface area contributed by atoms with E-state index in [9.17, 15) is 4.79 Å². The summed E-state index contributed by atoms with van der Waals surface area (Å²) in [6.07, 6.45) is 1.65. The van der Waals surface area contributed by atoms with E-state index in [2.05, 4.69) is 28.4 Å². The van der Waals surface area contributed by atoms with Gasteiger partial charge in [-0.2, -0.15) is 0 Å². The van der Waals surface area contributed by atoms with Crippen molar-refractivity contribution in [1.29, 1.82) is 0 Å². The second-order valence-electron chi connectivity index (χ2n) is 6.75. The van der Waals surface area contributed by atoms with Crippen LogP contribution in [0.15, 0.2) is 18.2 Å². The standard InChI is InChI=1S/C18H27N3O2/c1-20(2)12-16-13-21(8-9-23-16)18(22)10-14-4-3-5-15-11-19-7-6-17(14)15/h3-5,16,19H,6-13H2,1-2H3. The van der Waals surface area contributed by atoms with E-state index in [-0.39, 0.29) is 12.0 Å². The van der Waals surface area contributed by atoms with Crippen molar-refractivity contribution in [3.63, 3.8) is 0 Å². The van der Waals surface area contributed by atoms with Crippen LogP contribution in [0.25, 0.3) is 0 Å². The Balaban J connectivity index is 1.65. The van der Waals surface area contributed by atoms with Crippen molar-refractivity contribution in [2.24, 2.45) is 0 Å². The molecule has 1 aromatic rings. The Labute approximate surface area is 138 Å². The highest BCUT2D eigenvalue weighted by atomic mass is 16.5. The van der Waals surface area contributed by atoms with Gasteiger partial charge in [0, 0.05) is 26.2 Å². The Bertz CT molecular complexity index is 559. The average molecular weight is 317 g/mol. The molecule has 1 fully saturated rings. The summed E-state index contributed by atoms with van der Waals surface area (Å²) in [6.45, 7) is 4.82. The highest BCUT2D eigenvalue weighted by molar-refractivity contribution is 5.79. The number of nitrogens with one attached hydrogen (secondary N) is 1. The van der Waals surface area contributed by atoms with Crippen LogP contribution in [0.3, 0.4) is 0 Å². The van der Waals surface area contributed by atoms with E-state index in [1.165, 1.54) is 16.7 Å². The van der Waals surface area contributed by atoms with Gasteiger partial charge in [-0.3, -0.25) is 4.79 Å². The van der Waals surface area contributed by atoms with E-state index >= 15 is 0 Å². The maximum absolute atomic E-state index is 12.7. The van der Waals surface area contributed by atoms with Crippen LogP contribution in [0, 0.1) is 0 Å². The number of hydrogen-bond donors (Lipinski definition) is 1. The smallest absolute Gasteiger partial charge is 0.227 e.